The Kier molecular flexibility index (Phi) is 6.92. The zero-order valence-electron chi connectivity index (χ0n) is 12.3. The van der Waals surface area contributed by atoms with Crippen molar-refractivity contribution < 1.29 is 9.90 Å². The number of urea groups is 1. The number of carbonyl (C=O) groups excluding carboxylic acids is 1. The number of nitrogens with one attached hydrogen (secondary N) is 2. The highest BCUT2D eigenvalue weighted by Crippen LogP contribution is 2.19. The molecular weight excluding hydrogens is 240 g/mol. The third-order valence-corrected chi connectivity index (χ3v) is 3.68. The van der Waals surface area contributed by atoms with Crippen LogP contribution in [0.25, 0.3) is 0 Å². The van der Waals surface area contributed by atoms with E-state index in [0.29, 0.717) is 6.54 Å². The van der Waals surface area contributed by atoms with Crippen molar-refractivity contribution >= 4 is 6.03 Å². The number of carbonyl (C=O) groups is 1. The smallest absolute Gasteiger partial charge is 0.315 e. The molecule has 0 aliphatic heterocycles. The Morgan fingerprint density at radius 1 is 1.47 bits per heavy atom. The second-order valence-corrected chi connectivity index (χ2v) is 5.71. The molecule has 1 aliphatic carbocycles. The minimum absolute atomic E-state index is 0.0284. The van der Waals surface area contributed by atoms with Gasteiger partial charge in [-0.25, -0.2) is 4.79 Å². The van der Waals surface area contributed by atoms with Crippen LogP contribution in [0.15, 0.2) is 11.6 Å². The first-order valence-electron chi connectivity index (χ1n) is 7.44. The molecule has 0 radical (unpaired) electrons. The van der Waals surface area contributed by atoms with Crippen LogP contribution in [0.5, 0.6) is 0 Å². The number of aliphatic hydroxyl groups excluding tert-OH is 1. The third-order valence-electron chi connectivity index (χ3n) is 3.68. The summed E-state index contributed by atoms with van der Waals surface area (Å²) >= 11 is 0. The van der Waals surface area contributed by atoms with Crippen molar-refractivity contribution in [3.8, 4) is 0 Å². The Hall–Kier alpha value is -1.03. The summed E-state index contributed by atoms with van der Waals surface area (Å²) in [5.41, 5.74) is 0.952. The predicted molar refractivity (Wildman–Crippen MR) is 78.1 cm³/mol. The molecule has 0 heterocycles. The number of hydrogen-bond acceptors (Lipinski definition) is 2. The van der Waals surface area contributed by atoms with Gasteiger partial charge in [-0.15, -0.1) is 0 Å². The van der Waals surface area contributed by atoms with Crippen LogP contribution < -0.4 is 10.6 Å². The van der Waals surface area contributed by atoms with E-state index in [-0.39, 0.29) is 12.6 Å². The molecule has 0 saturated carbocycles. The highest BCUT2D eigenvalue weighted by atomic mass is 16.3. The molecule has 0 aromatic rings. The first-order valence-corrected chi connectivity index (χ1v) is 7.44. The maximum absolute atomic E-state index is 11.8. The molecular formula is C15H28N2O2. The quantitative estimate of drug-likeness (QED) is 0.622. The Labute approximate surface area is 116 Å². The molecule has 0 aromatic carbocycles. The molecule has 0 spiro atoms. The summed E-state index contributed by atoms with van der Waals surface area (Å²) in [5.74, 6) is 0. The fourth-order valence-electron chi connectivity index (χ4n) is 2.52. The van der Waals surface area contributed by atoms with E-state index in [1.165, 1.54) is 31.3 Å². The van der Waals surface area contributed by atoms with E-state index in [4.69, 9.17) is 0 Å². The lowest BCUT2D eigenvalue weighted by Crippen LogP contribution is -2.52. The third kappa shape index (κ3) is 6.10. The summed E-state index contributed by atoms with van der Waals surface area (Å²) in [6, 6.07) is -0.179. The van der Waals surface area contributed by atoms with E-state index >= 15 is 0 Å². The van der Waals surface area contributed by atoms with E-state index in [2.05, 4.69) is 16.7 Å². The Morgan fingerprint density at radius 3 is 2.84 bits per heavy atom. The first kappa shape index (κ1) is 16.0. The van der Waals surface area contributed by atoms with Crippen LogP contribution >= 0.6 is 0 Å². The lowest BCUT2D eigenvalue weighted by molar-refractivity contribution is 0.163. The monoisotopic (exact) mass is 268 g/mol. The maximum Gasteiger partial charge on any atom is 0.315 e. The Balaban J connectivity index is 2.25. The van der Waals surface area contributed by atoms with E-state index in [1.54, 1.807) is 0 Å². The predicted octanol–water partition coefficient (Wildman–Crippen LogP) is 2.73. The van der Waals surface area contributed by atoms with Crippen LogP contribution in [0.4, 0.5) is 4.79 Å². The molecule has 0 fully saturated rings. The van der Waals surface area contributed by atoms with Gasteiger partial charge in [0.25, 0.3) is 0 Å². The molecule has 1 rings (SSSR count). The summed E-state index contributed by atoms with van der Waals surface area (Å²) in [6.45, 7) is 4.56. The van der Waals surface area contributed by atoms with Gasteiger partial charge in [-0.3, -0.25) is 0 Å². The van der Waals surface area contributed by atoms with Gasteiger partial charge in [-0.2, -0.15) is 0 Å². The summed E-state index contributed by atoms with van der Waals surface area (Å²) in [6.07, 6.45) is 9.88. The van der Waals surface area contributed by atoms with Crippen molar-refractivity contribution in [2.45, 2.75) is 64.3 Å². The Morgan fingerprint density at radius 2 is 2.26 bits per heavy atom. The molecule has 1 aliphatic rings. The summed E-state index contributed by atoms with van der Waals surface area (Å²) in [5, 5.41) is 15.1. The molecule has 19 heavy (non-hydrogen) atoms. The molecule has 0 saturated heterocycles. The number of aliphatic hydroxyl groups is 1. The summed E-state index contributed by atoms with van der Waals surface area (Å²) in [7, 11) is 0. The minimum Gasteiger partial charge on any atom is -0.394 e. The standard InChI is InChI=1S/C15H28N2O2/c1-3-10-15(2,12-18)17-14(19)16-11-9-13-7-5-4-6-8-13/h7,18H,3-6,8-12H2,1-2H3,(H2,16,17,19). The van der Waals surface area contributed by atoms with Crippen molar-refractivity contribution in [1.82, 2.24) is 10.6 Å². The molecule has 110 valence electrons. The summed E-state index contributed by atoms with van der Waals surface area (Å²) in [4.78, 5) is 11.8. The molecule has 1 atom stereocenters. The van der Waals surface area contributed by atoms with Crippen molar-refractivity contribution in [3.05, 3.63) is 11.6 Å². The van der Waals surface area contributed by atoms with Crippen molar-refractivity contribution in [1.29, 1.82) is 0 Å². The zero-order valence-corrected chi connectivity index (χ0v) is 12.3. The second kappa shape index (κ2) is 8.20. The van der Waals surface area contributed by atoms with Crippen LogP contribution in [0.3, 0.4) is 0 Å². The van der Waals surface area contributed by atoms with Gasteiger partial charge in [-0.05, 0) is 45.4 Å². The van der Waals surface area contributed by atoms with Gasteiger partial charge in [0.15, 0.2) is 0 Å². The van der Waals surface area contributed by atoms with Crippen LogP contribution in [-0.4, -0.2) is 29.8 Å². The van der Waals surface area contributed by atoms with Crippen molar-refractivity contribution in [2.24, 2.45) is 0 Å². The number of amides is 2. The van der Waals surface area contributed by atoms with Crippen LogP contribution in [-0.2, 0) is 0 Å². The van der Waals surface area contributed by atoms with E-state index < -0.39 is 5.54 Å². The molecule has 4 nitrogen and oxygen atoms in total. The van der Waals surface area contributed by atoms with Gasteiger partial charge in [0.2, 0.25) is 0 Å². The molecule has 1 unspecified atom stereocenters. The van der Waals surface area contributed by atoms with E-state index in [1.807, 2.05) is 13.8 Å². The SMILES string of the molecule is CCCC(C)(CO)NC(=O)NCCC1=CCCCC1. The normalized spacial score (nSPS) is 18.4. The van der Waals surface area contributed by atoms with Gasteiger partial charge < -0.3 is 15.7 Å². The number of hydrogen-bond donors (Lipinski definition) is 3. The lowest BCUT2D eigenvalue weighted by Gasteiger charge is -2.28. The molecule has 0 bridgehead atoms. The second-order valence-electron chi connectivity index (χ2n) is 5.71. The molecule has 0 aromatic heterocycles. The molecule has 3 N–H and O–H groups in total. The van der Waals surface area contributed by atoms with Gasteiger partial charge in [0.05, 0.1) is 12.1 Å². The van der Waals surface area contributed by atoms with Gasteiger partial charge in [0.1, 0.15) is 0 Å². The fourth-order valence-corrected chi connectivity index (χ4v) is 2.52. The highest BCUT2D eigenvalue weighted by molar-refractivity contribution is 5.74. The maximum atomic E-state index is 11.8. The lowest BCUT2D eigenvalue weighted by atomic mass is 9.97. The molecule has 4 heteroatoms. The van der Waals surface area contributed by atoms with Gasteiger partial charge >= 0.3 is 6.03 Å². The van der Waals surface area contributed by atoms with Crippen LogP contribution in [0.2, 0.25) is 0 Å². The first-order chi connectivity index (χ1) is 9.09. The zero-order chi connectivity index (χ0) is 14.1. The van der Waals surface area contributed by atoms with Crippen molar-refractivity contribution in [2.75, 3.05) is 13.2 Å². The average molecular weight is 268 g/mol. The number of allylic oxidation sites excluding steroid dienone is 1. The Bertz CT molecular complexity index is 315. The van der Waals surface area contributed by atoms with Gasteiger partial charge in [-0.1, -0.05) is 25.0 Å². The fraction of sp³-hybridized carbons (Fsp3) is 0.800. The van der Waals surface area contributed by atoms with E-state index in [9.17, 15) is 9.90 Å². The van der Waals surface area contributed by atoms with E-state index in [0.717, 1.165) is 19.3 Å². The van der Waals surface area contributed by atoms with Gasteiger partial charge in [0, 0.05) is 6.54 Å². The van der Waals surface area contributed by atoms with Crippen LogP contribution in [0.1, 0.15) is 58.8 Å². The summed E-state index contributed by atoms with van der Waals surface area (Å²) < 4.78 is 0. The highest BCUT2D eigenvalue weighted by Gasteiger charge is 2.24. The van der Waals surface area contributed by atoms with Crippen molar-refractivity contribution in [3.63, 3.8) is 0 Å². The average Bonchev–Trinajstić information content (AvgIpc) is 2.40. The van der Waals surface area contributed by atoms with Crippen LogP contribution in [0, 0.1) is 0 Å². The number of rotatable bonds is 7. The largest absolute Gasteiger partial charge is 0.394 e. The molecule has 2 amide bonds. The minimum atomic E-state index is -0.511. The topological polar surface area (TPSA) is 61.4 Å².